The SMILES string of the molecule is Cc1c(F)cc2c(c1F)CCC(C)O2.Cc1cc2c(c(F)c1F)OC(C)CC2. The van der Waals surface area contributed by atoms with Gasteiger partial charge >= 0.3 is 0 Å². The normalized spacial score (nSPS) is 20.1. The smallest absolute Gasteiger partial charge is 0.201 e. The molecule has 2 heterocycles. The topological polar surface area (TPSA) is 18.5 Å². The Kier molecular flexibility index (Phi) is 5.87. The fourth-order valence-electron chi connectivity index (χ4n) is 3.45. The van der Waals surface area contributed by atoms with Crippen molar-refractivity contribution in [2.75, 3.05) is 0 Å². The highest BCUT2D eigenvalue weighted by atomic mass is 19.2. The first-order valence-corrected chi connectivity index (χ1v) is 9.47. The minimum Gasteiger partial charge on any atom is -0.490 e. The molecule has 152 valence electrons. The fraction of sp³-hybridized carbons (Fsp3) is 0.455. The number of aryl methyl sites for hydroxylation is 2. The first-order chi connectivity index (χ1) is 13.2. The largest absolute Gasteiger partial charge is 0.490 e. The summed E-state index contributed by atoms with van der Waals surface area (Å²) in [5, 5.41) is 0. The van der Waals surface area contributed by atoms with Crippen molar-refractivity contribution in [3.8, 4) is 11.5 Å². The molecule has 2 aliphatic heterocycles. The monoisotopic (exact) mass is 396 g/mol. The molecule has 0 spiro atoms. The van der Waals surface area contributed by atoms with Crippen molar-refractivity contribution in [1.29, 1.82) is 0 Å². The van der Waals surface area contributed by atoms with Crippen LogP contribution in [-0.2, 0) is 12.8 Å². The van der Waals surface area contributed by atoms with Crippen LogP contribution < -0.4 is 9.47 Å². The third kappa shape index (κ3) is 3.96. The zero-order chi connectivity index (χ0) is 20.6. The van der Waals surface area contributed by atoms with E-state index in [1.165, 1.54) is 13.0 Å². The Morgan fingerprint density at radius 2 is 1.46 bits per heavy atom. The summed E-state index contributed by atoms with van der Waals surface area (Å²) in [7, 11) is 0. The van der Waals surface area contributed by atoms with Crippen molar-refractivity contribution in [3.05, 3.63) is 57.7 Å². The summed E-state index contributed by atoms with van der Waals surface area (Å²) >= 11 is 0. The van der Waals surface area contributed by atoms with Crippen LogP contribution in [0.15, 0.2) is 12.1 Å². The van der Waals surface area contributed by atoms with Gasteiger partial charge in [0.25, 0.3) is 0 Å². The van der Waals surface area contributed by atoms with Gasteiger partial charge in [-0.25, -0.2) is 13.2 Å². The maximum atomic E-state index is 13.6. The molecule has 0 amide bonds. The average Bonchev–Trinajstić information content (AvgIpc) is 2.65. The van der Waals surface area contributed by atoms with Crippen molar-refractivity contribution in [1.82, 2.24) is 0 Å². The van der Waals surface area contributed by atoms with Crippen LogP contribution in [0.4, 0.5) is 17.6 Å². The quantitative estimate of drug-likeness (QED) is 0.511. The third-order valence-electron chi connectivity index (χ3n) is 5.20. The lowest BCUT2D eigenvalue weighted by Gasteiger charge is -2.24. The molecule has 2 atom stereocenters. The molecule has 0 aliphatic carbocycles. The number of rotatable bonds is 0. The van der Waals surface area contributed by atoms with E-state index >= 15 is 0 Å². The molecule has 2 aliphatic rings. The second-order valence-corrected chi connectivity index (χ2v) is 7.52. The number of halogens is 4. The van der Waals surface area contributed by atoms with Gasteiger partial charge in [-0.1, -0.05) is 0 Å². The van der Waals surface area contributed by atoms with Gasteiger partial charge in [0.15, 0.2) is 11.6 Å². The molecule has 0 saturated carbocycles. The Bertz CT molecular complexity index is 895. The van der Waals surface area contributed by atoms with Gasteiger partial charge in [-0.2, -0.15) is 4.39 Å². The van der Waals surface area contributed by atoms with Crippen LogP contribution in [0.25, 0.3) is 0 Å². The summed E-state index contributed by atoms with van der Waals surface area (Å²) < 4.78 is 64.0. The molecule has 2 nitrogen and oxygen atoms in total. The Labute approximate surface area is 162 Å². The molecule has 0 bridgehead atoms. The molecule has 2 aromatic rings. The molecular formula is C22H24F4O2. The van der Waals surface area contributed by atoms with Crippen molar-refractivity contribution < 1.29 is 27.0 Å². The molecule has 0 saturated heterocycles. The predicted octanol–water partition coefficient (Wildman–Crippen LogP) is 5.97. The van der Waals surface area contributed by atoms with Gasteiger partial charge in [-0.15, -0.1) is 0 Å². The number of ether oxygens (including phenoxy) is 2. The third-order valence-corrected chi connectivity index (χ3v) is 5.20. The number of hydrogen-bond acceptors (Lipinski definition) is 2. The van der Waals surface area contributed by atoms with Crippen LogP contribution in [-0.4, -0.2) is 12.2 Å². The molecule has 0 radical (unpaired) electrons. The Hall–Kier alpha value is -2.24. The van der Waals surface area contributed by atoms with Crippen molar-refractivity contribution >= 4 is 0 Å². The van der Waals surface area contributed by atoms with E-state index in [1.807, 2.05) is 13.8 Å². The van der Waals surface area contributed by atoms with E-state index in [1.54, 1.807) is 13.0 Å². The minimum absolute atomic E-state index is 0.0286. The van der Waals surface area contributed by atoms with Crippen LogP contribution in [0, 0.1) is 37.1 Å². The van der Waals surface area contributed by atoms with Crippen LogP contribution in [0.2, 0.25) is 0 Å². The van der Waals surface area contributed by atoms with E-state index in [2.05, 4.69) is 0 Å². The van der Waals surface area contributed by atoms with E-state index in [0.29, 0.717) is 23.3 Å². The molecule has 28 heavy (non-hydrogen) atoms. The number of benzene rings is 2. The first-order valence-electron chi connectivity index (χ1n) is 9.47. The zero-order valence-electron chi connectivity index (χ0n) is 16.5. The van der Waals surface area contributed by atoms with Gasteiger partial charge in [-0.3, -0.25) is 0 Å². The Morgan fingerprint density at radius 1 is 0.821 bits per heavy atom. The molecule has 2 aromatic carbocycles. The average molecular weight is 396 g/mol. The van der Waals surface area contributed by atoms with Crippen LogP contribution in [0.5, 0.6) is 11.5 Å². The maximum absolute atomic E-state index is 13.6. The van der Waals surface area contributed by atoms with Gasteiger partial charge in [0.05, 0.1) is 12.2 Å². The van der Waals surface area contributed by atoms with Gasteiger partial charge in [-0.05, 0) is 70.6 Å². The van der Waals surface area contributed by atoms with Crippen LogP contribution in [0.1, 0.15) is 48.9 Å². The van der Waals surface area contributed by atoms with Crippen molar-refractivity contribution in [3.63, 3.8) is 0 Å². The van der Waals surface area contributed by atoms with Crippen LogP contribution in [0.3, 0.4) is 0 Å². The van der Waals surface area contributed by atoms with Gasteiger partial charge < -0.3 is 9.47 Å². The lowest BCUT2D eigenvalue weighted by Crippen LogP contribution is -2.20. The molecule has 6 heteroatoms. The molecule has 0 N–H and O–H groups in total. The van der Waals surface area contributed by atoms with Gasteiger partial charge in [0.1, 0.15) is 17.4 Å². The van der Waals surface area contributed by atoms with Gasteiger partial charge in [0, 0.05) is 17.2 Å². The summed E-state index contributed by atoms with van der Waals surface area (Å²) in [6.45, 7) is 6.78. The van der Waals surface area contributed by atoms with E-state index in [0.717, 1.165) is 24.8 Å². The van der Waals surface area contributed by atoms with Crippen molar-refractivity contribution in [2.24, 2.45) is 0 Å². The second-order valence-electron chi connectivity index (χ2n) is 7.52. The molecule has 0 fully saturated rings. The second kappa shape index (κ2) is 8.02. The Balaban J connectivity index is 0.000000161. The predicted molar refractivity (Wildman–Crippen MR) is 99.0 cm³/mol. The summed E-state index contributed by atoms with van der Waals surface area (Å²) in [5.74, 6) is -2.15. The summed E-state index contributed by atoms with van der Waals surface area (Å²) in [5.41, 5.74) is 1.72. The molecule has 4 rings (SSSR count). The summed E-state index contributed by atoms with van der Waals surface area (Å²) in [6, 6.07) is 2.95. The number of hydrogen-bond donors (Lipinski definition) is 0. The lowest BCUT2D eigenvalue weighted by atomic mass is 10.00. The highest BCUT2D eigenvalue weighted by Crippen LogP contribution is 2.34. The highest BCUT2D eigenvalue weighted by Gasteiger charge is 2.24. The maximum Gasteiger partial charge on any atom is 0.201 e. The highest BCUT2D eigenvalue weighted by molar-refractivity contribution is 5.41. The summed E-state index contributed by atoms with van der Waals surface area (Å²) in [4.78, 5) is 0. The molecule has 2 unspecified atom stereocenters. The Morgan fingerprint density at radius 3 is 2.18 bits per heavy atom. The van der Waals surface area contributed by atoms with Crippen molar-refractivity contribution in [2.45, 2.75) is 65.6 Å². The van der Waals surface area contributed by atoms with E-state index in [-0.39, 0.29) is 23.5 Å². The van der Waals surface area contributed by atoms with Crippen LogP contribution >= 0.6 is 0 Å². The molecule has 0 aromatic heterocycles. The molecular weight excluding hydrogens is 372 g/mol. The standard InChI is InChI=1S/2C11H12F2O/c1-6-5-8-4-3-7(2)14-11(8)10(13)9(6)12;1-6-3-4-8-10(14-6)5-9(12)7(2)11(8)13/h5,7H,3-4H2,1-2H3;5-6H,3-4H2,1-2H3. The summed E-state index contributed by atoms with van der Waals surface area (Å²) in [6.07, 6.45) is 3.05. The van der Waals surface area contributed by atoms with E-state index in [9.17, 15) is 17.6 Å². The fourth-order valence-corrected chi connectivity index (χ4v) is 3.45. The number of fused-ring (bicyclic) bond motifs is 2. The lowest BCUT2D eigenvalue weighted by molar-refractivity contribution is 0.180. The van der Waals surface area contributed by atoms with E-state index < -0.39 is 23.3 Å². The zero-order valence-corrected chi connectivity index (χ0v) is 16.5. The first kappa shape index (κ1) is 20.5. The minimum atomic E-state index is -0.841. The van der Waals surface area contributed by atoms with E-state index in [4.69, 9.17) is 9.47 Å². The van der Waals surface area contributed by atoms with Gasteiger partial charge in [0.2, 0.25) is 5.82 Å².